The highest BCUT2D eigenvalue weighted by Gasteiger charge is 2.18. The van der Waals surface area contributed by atoms with Crippen LogP contribution < -0.4 is 5.32 Å². The maximum Gasteiger partial charge on any atom is 0.272 e. The molecule has 1 amide bonds. The Morgan fingerprint density at radius 1 is 1.12 bits per heavy atom. The Morgan fingerprint density at radius 2 is 1.88 bits per heavy atom. The number of aromatic nitrogens is 1. The van der Waals surface area contributed by atoms with Gasteiger partial charge < -0.3 is 14.3 Å². The van der Waals surface area contributed by atoms with Crippen LogP contribution in [0.5, 0.6) is 0 Å². The molecule has 4 rings (SSSR count). The maximum atomic E-state index is 12.9. The van der Waals surface area contributed by atoms with Gasteiger partial charge in [0.25, 0.3) is 5.91 Å². The van der Waals surface area contributed by atoms with Crippen LogP contribution in [0.4, 0.5) is 5.69 Å². The Kier molecular flexibility index (Phi) is 4.39. The molecule has 0 bridgehead atoms. The molecule has 0 fully saturated rings. The Hall–Kier alpha value is -2.79. The normalized spacial score (nSPS) is 11.0. The molecule has 130 valence electrons. The van der Waals surface area contributed by atoms with Crippen LogP contribution in [0, 0.1) is 6.92 Å². The van der Waals surface area contributed by atoms with Crippen LogP contribution in [0.1, 0.15) is 21.6 Å². The van der Waals surface area contributed by atoms with Crippen LogP contribution in [0.2, 0.25) is 0 Å². The molecular formula is C21H17BrN2O2. The molecule has 2 aromatic carbocycles. The van der Waals surface area contributed by atoms with Gasteiger partial charge in [0.1, 0.15) is 5.69 Å². The fraction of sp³-hybridized carbons (Fsp3) is 0.0952. The first kappa shape index (κ1) is 16.7. The zero-order valence-corrected chi connectivity index (χ0v) is 15.8. The highest BCUT2D eigenvalue weighted by Crippen LogP contribution is 2.26. The van der Waals surface area contributed by atoms with Crippen molar-refractivity contribution in [3.8, 4) is 0 Å². The first-order valence-corrected chi connectivity index (χ1v) is 9.09. The third kappa shape index (κ3) is 3.18. The van der Waals surface area contributed by atoms with Crippen LogP contribution in [0.25, 0.3) is 11.1 Å². The number of fused-ring (bicyclic) bond motifs is 1. The minimum absolute atomic E-state index is 0.171. The number of halogens is 1. The van der Waals surface area contributed by atoms with E-state index in [4.69, 9.17) is 4.42 Å². The van der Waals surface area contributed by atoms with Gasteiger partial charge in [-0.05, 0) is 40.5 Å². The van der Waals surface area contributed by atoms with Gasteiger partial charge in [-0.25, -0.2) is 0 Å². The van der Waals surface area contributed by atoms with Gasteiger partial charge in [-0.1, -0.05) is 42.0 Å². The second kappa shape index (κ2) is 6.84. The molecule has 0 aliphatic rings. The number of furan rings is 1. The second-order valence-electron chi connectivity index (χ2n) is 6.21. The molecule has 4 aromatic rings. The van der Waals surface area contributed by atoms with Gasteiger partial charge in [-0.2, -0.15) is 0 Å². The molecular weight excluding hydrogens is 392 g/mol. The fourth-order valence-electron chi connectivity index (χ4n) is 2.96. The molecule has 1 N–H and O–H groups in total. The van der Waals surface area contributed by atoms with E-state index in [0.717, 1.165) is 21.2 Å². The number of amides is 1. The van der Waals surface area contributed by atoms with Gasteiger partial charge in [-0.3, -0.25) is 4.79 Å². The van der Waals surface area contributed by atoms with E-state index in [1.165, 1.54) is 5.56 Å². The summed E-state index contributed by atoms with van der Waals surface area (Å²) in [6.45, 7) is 2.66. The summed E-state index contributed by atoms with van der Waals surface area (Å²) >= 11 is 3.46. The lowest BCUT2D eigenvalue weighted by Crippen LogP contribution is -2.17. The predicted octanol–water partition coefficient (Wildman–Crippen LogP) is 5.61. The zero-order valence-electron chi connectivity index (χ0n) is 14.2. The summed E-state index contributed by atoms with van der Waals surface area (Å²) in [7, 11) is 0. The van der Waals surface area contributed by atoms with Crippen LogP contribution in [-0.2, 0) is 6.54 Å². The first-order valence-electron chi connectivity index (χ1n) is 8.30. The van der Waals surface area contributed by atoms with E-state index in [0.29, 0.717) is 17.8 Å². The van der Waals surface area contributed by atoms with Crippen molar-refractivity contribution in [3.63, 3.8) is 0 Å². The van der Waals surface area contributed by atoms with Crippen LogP contribution >= 0.6 is 15.9 Å². The summed E-state index contributed by atoms with van der Waals surface area (Å²) in [5, 5.41) is 2.96. The van der Waals surface area contributed by atoms with Crippen LogP contribution in [0.3, 0.4) is 0 Å². The molecule has 26 heavy (non-hydrogen) atoms. The highest BCUT2D eigenvalue weighted by molar-refractivity contribution is 9.10. The van der Waals surface area contributed by atoms with Crippen molar-refractivity contribution in [1.82, 2.24) is 4.57 Å². The molecule has 2 heterocycles. The molecule has 0 aliphatic carbocycles. The molecule has 0 unspecified atom stereocenters. The Morgan fingerprint density at radius 3 is 2.65 bits per heavy atom. The Labute approximate surface area is 159 Å². The van der Waals surface area contributed by atoms with E-state index < -0.39 is 0 Å². The molecule has 0 spiro atoms. The summed E-state index contributed by atoms with van der Waals surface area (Å²) in [5.74, 6) is -0.171. The summed E-state index contributed by atoms with van der Waals surface area (Å²) in [6, 6.07) is 19.5. The molecule has 0 saturated carbocycles. The van der Waals surface area contributed by atoms with Gasteiger partial charge in [0.2, 0.25) is 0 Å². The number of benzene rings is 2. The minimum Gasteiger partial charge on any atom is -0.463 e. The Balaban J connectivity index is 1.70. The molecule has 0 aliphatic heterocycles. The second-order valence-corrected chi connectivity index (χ2v) is 7.06. The summed E-state index contributed by atoms with van der Waals surface area (Å²) in [5.41, 5.74) is 5.25. The monoisotopic (exact) mass is 408 g/mol. The summed E-state index contributed by atoms with van der Waals surface area (Å²) in [6.07, 6.45) is 1.64. The lowest BCUT2D eigenvalue weighted by atomic mass is 10.1. The smallest absolute Gasteiger partial charge is 0.272 e. The van der Waals surface area contributed by atoms with Gasteiger partial charge in [-0.15, -0.1) is 0 Å². The molecule has 0 saturated heterocycles. The van der Waals surface area contributed by atoms with Crippen LogP contribution in [-0.4, -0.2) is 10.5 Å². The maximum absolute atomic E-state index is 12.9. The van der Waals surface area contributed by atoms with E-state index in [1.54, 1.807) is 12.3 Å². The number of carbonyl (C=O) groups excluding carboxylic acids is 1. The van der Waals surface area contributed by atoms with Gasteiger partial charge >= 0.3 is 0 Å². The average Bonchev–Trinajstić information content (AvgIpc) is 3.21. The SMILES string of the molecule is Cc1ccc(Cn2c(C(=O)Nc3ccccc3Br)cc3occc32)cc1. The first-order chi connectivity index (χ1) is 12.6. The van der Waals surface area contributed by atoms with Gasteiger partial charge in [0.15, 0.2) is 5.58 Å². The lowest BCUT2D eigenvalue weighted by molar-refractivity contribution is 0.101. The van der Waals surface area contributed by atoms with Gasteiger partial charge in [0, 0.05) is 23.2 Å². The van der Waals surface area contributed by atoms with Crippen molar-refractivity contribution in [3.05, 3.63) is 88.2 Å². The highest BCUT2D eigenvalue weighted by atomic mass is 79.9. The number of carbonyl (C=O) groups is 1. The van der Waals surface area contributed by atoms with Crippen molar-refractivity contribution >= 4 is 38.6 Å². The van der Waals surface area contributed by atoms with E-state index in [2.05, 4.69) is 52.4 Å². The van der Waals surface area contributed by atoms with Crippen molar-refractivity contribution < 1.29 is 9.21 Å². The third-order valence-electron chi connectivity index (χ3n) is 4.34. The number of nitrogens with zero attached hydrogens (tertiary/aromatic N) is 1. The summed E-state index contributed by atoms with van der Waals surface area (Å²) in [4.78, 5) is 12.9. The van der Waals surface area contributed by atoms with E-state index in [-0.39, 0.29) is 5.91 Å². The quantitative estimate of drug-likeness (QED) is 0.477. The van der Waals surface area contributed by atoms with Crippen molar-refractivity contribution in [2.45, 2.75) is 13.5 Å². The molecule has 4 nitrogen and oxygen atoms in total. The number of hydrogen-bond acceptors (Lipinski definition) is 2. The summed E-state index contributed by atoms with van der Waals surface area (Å²) < 4.78 is 8.33. The molecule has 5 heteroatoms. The number of para-hydroxylation sites is 1. The topological polar surface area (TPSA) is 47.2 Å². The number of aryl methyl sites for hydroxylation is 1. The fourth-order valence-corrected chi connectivity index (χ4v) is 3.34. The molecule has 0 atom stereocenters. The number of hydrogen-bond donors (Lipinski definition) is 1. The third-order valence-corrected chi connectivity index (χ3v) is 5.03. The van der Waals surface area contributed by atoms with Gasteiger partial charge in [0.05, 0.1) is 17.5 Å². The molecule has 0 radical (unpaired) electrons. The van der Waals surface area contributed by atoms with Crippen molar-refractivity contribution in [2.75, 3.05) is 5.32 Å². The minimum atomic E-state index is -0.171. The lowest BCUT2D eigenvalue weighted by Gasteiger charge is -2.12. The van der Waals surface area contributed by atoms with Crippen molar-refractivity contribution in [1.29, 1.82) is 0 Å². The predicted molar refractivity (Wildman–Crippen MR) is 107 cm³/mol. The number of nitrogens with one attached hydrogen (secondary N) is 1. The van der Waals surface area contributed by atoms with E-state index in [1.807, 2.05) is 34.9 Å². The number of anilines is 1. The van der Waals surface area contributed by atoms with E-state index >= 15 is 0 Å². The largest absolute Gasteiger partial charge is 0.463 e. The zero-order chi connectivity index (χ0) is 18.1. The van der Waals surface area contributed by atoms with Crippen molar-refractivity contribution in [2.24, 2.45) is 0 Å². The van der Waals surface area contributed by atoms with E-state index in [9.17, 15) is 4.79 Å². The van der Waals surface area contributed by atoms with Crippen LogP contribution in [0.15, 0.2) is 75.8 Å². The number of rotatable bonds is 4. The average molecular weight is 409 g/mol. The standard InChI is InChI=1S/C21H17BrN2O2/c1-14-6-8-15(9-7-14)13-24-18-10-11-26-20(18)12-19(24)21(25)23-17-5-3-2-4-16(17)22/h2-12H,13H2,1H3,(H,23,25). The Bertz CT molecular complexity index is 1080. The molecule has 2 aromatic heterocycles.